The van der Waals surface area contributed by atoms with Crippen molar-refractivity contribution in [1.29, 1.82) is 0 Å². The minimum Gasteiger partial charge on any atom is -0.507 e. The normalized spacial score (nSPS) is 12.4. The quantitative estimate of drug-likeness (QED) is 0.770. The molecule has 1 atom stereocenters. The van der Waals surface area contributed by atoms with Gasteiger partial charge in [0, 0.05) is 12.5 Å². The summed E-state index contributed by atoms with van der Waals surface area (Å²) in [5, 5.41) is 11.8. The van der Waals surface area contributed by atoms with Gasteiger partial charge in [-0.2, -0.15) is 0 Å². The highest BCUT2D eigenvalue weighted by atomic mass is 79.9. The number of phenolic OH excluding ortho intramolecular Hbond substituents is 1. The largest absolute Gasteiger partial charge is 0.507 e. The number of carbonyl (C=O) groups excluding carboxylic acids is 2. The second-order valence-electron chi connectivity index (χ2n) is 5.82. The van der Waals surface area contributed by atoms with Crippen molar-refractivity contribution in [2.75, 3.05) is 7.11 Å². The first-order chi connectivity index (χ1) is 10.5. The van der Waals surface area contributed by atoms with Crippen LogP contribution in [-0.2, 0) is 20.7 Å². The number of esters is 1. The van der Waals surface area contributed by atoms with Crippen molar-refractivity contribution < 1.29 is 28.6 Å². The zero-order valence-electron chi connectivity index (χ0n) is 13.3. The number of nitrogens with one attached hydrogen (secondary N) is 1. The molecular weight excluding hydrogens is 373 g/mol. The van der Waals surface area contributed by atoms with Gasteiger partial charge in [-0.1, -0.05) is 0 Å². The second-order valence-corrected chi connectivity index (χ2v) is 6.68. The smallest absolute Gasteiger partial charge is 0.408 e. The van der Waals surface area contributed by atoms with E-state index in [4.69, 9.17) is 4.74 Å². The molecular formula is C15H19BrFNO5. The summed E-state index contributed by atoms with van der Waals surface area (Å²) < 4.78 is 23.9. The van der Waals surface area contributed by atoms with Crippen LogP contribution in [0.1, 0.15) is 26.3 Å². The van der Waals surface area contributed by atoms with Crippen LogP contribution in [0.2, 0.25) is 0 Å². The first-order valence-electron chi connectivity index (χ1n) is 6.77. The van der Waals surface area contributed by atoms with Gasteiger partial charge in [0.2, 0.25) is 0 Å². The summed E-state index contributed by atoms with van der Waals surface area (Å²) in [7, 11) is 1.16. The Morgan fingerprint density at radius 3 is 2.52 bits per heavy atom. The summed E-state index contributed by atoms with van der Waals surface area (Å²) in [5.74, 6) is -1.70. The van der Waals surface area contributed by atoms with E-state index in [9.17, 15) is 19.1 Å². The number of methoxy groups -OCH3 is 1. The monoisotopic (exact) mass is 391 g/mol. The number of rotatable bonds is 4. The SMILES string of the molecule is COC(=O)[C@H](Cc1cc(Br)c(O)cc1F)NC(=O)OC(C)(C)C. The zero-order chi connectivity index (χ0) is 17.8. The Bertz CT molecular complexity index is 600. The molecule has 1 amide bonds. The molecule has 23 heavy (non-hydrogen) atoms. The number of ether oxygens (including phenoxy) is 2. The van der Waals surface area contributed by atoms with Crippen LogP contribution in [0, 0.1) is 5.82 Å². The Hall–Kier alpha value is -1.83. The highest BCUT2D eigenvalue weighted by Crippen LogP contribution is 2.27. The fraction of sp³-hybridized carbons (Fsp3) is 0.467. The van der Waals surface area contributed by atoms with Crippen molar-refractivity contribution in [3.05, 3.63) is 28.0 Å². The molecule has 0 aromatic heterocycles. The van der Waals surface area contributed by atoms with Crippen molar-refractivity contribution in [2.24, 2.45) is 0 Å². The van der Waals surface area contributed by atoms with Crippen LogP contribution in [0.3, 0.4) is 0 Å². The molecule has 8 heteroatoms. The van der Waals surface area contributed by atoms with E-state index in [1.54, 1.807) is 20.8 Å². The molecule has 6 nitrogen and oxygen atoms in total. The minimum absolute atomic E-state index is 0.126. The van der Waals surface area contributed by atoms with Gasteiger partial charge in [-0.25, -0.2) is 14.0 Å². The predicted molar refractivity (Wildman–Crippen MR) is 84.6 cm³/mol. The molecule has 0 saturated carbocycles. The van der Waals surface area contributed by atoms with Crippen LogP contribution in [0.25, 0.3) is 0 Å². The summed E-state index contributed by atoms with van der Waals surface area (Å²) in [4.78, 5) is 23.6. The summed E-state index contributed by atoms with van der Waals surface area (Å²) in [5.41, 5.74) is -0.612. The zero-order valence-corrected chi connectivity index (χ0v) is 14.9. The van der Waals surface area contributed by atoms with E-state index < -0.39 is 29.5 Å². The fourth-order valence-corrected chi connectivity index (χ4v) is 2.13. The van der Waals surface area contributed by atoms with E-state index >= 15 is 0 Å². The molecule has 2 N–H and O–H groups in total. The molecule has 1 rings (SSSR count). The van der Waals surface area contributed by atoms with Crippen molar-refractivity contribution in [3.8, 4) is 5.75 Å². The lowest BCUT2D eigenvalue weighted by molar-refractivity contribution is -0.143. The molecule has 0 heterocycles. The first-order valence-corrected chi connectivity index (χ1v) is 7.57. The fourth-order valence-electron chi connectivity index (χ4n) is 1.74. The van der Waals surface area contributed by atoms with Crippen LogP contribution < -0.4 is 5.32 Å². The van der Waals surface area contributed by atoms with Crippen LogP contribution in [0.15, 0.2) is 16.6 Å². The molecule has 1 aromatic rings. The maximum atomic E-state index is 13.9. The van der Waals surface area contributed by atoms with E-state index in [0.717, 1.165) is 13.2 Å². The molecule has 0 aliphatic heterocycles. The Labute approximate surface area is 142 Å². The van der Waals surface area contributed by atoms with Crippen molar-refractivity contribution >= 4 is 28.0 Å². The third-order valence-corrected chi connectivity index (χ3v) is 3.35. The van der Waals surface area contributed by atoms with Gasteiger partial charge in [0.15, 0.2) is 0 Å². The number of benzene rings is 1. The molecule has 0 unspecified atom stereocenters. The van der Waals surface area contributed by atoms with Crippen molar-refractivity contribution in [2.45, 2.75) is 38.8 Å². The van der Waals surface area contributed by atoms with Crippen LogP contribution in [-0.4, -0.2) is 35.9 Å². The Kier molecular flexibility index (Phi) is 6.37. The minimum atomic E-state index is -1.12. The summed E-state index contributed by atoms with van der Waals surface area (Å²) in [6.07, 6.45) is -0.970. The molecule has 0 aliphatic carbocycles. The van der Waals surface area contributed by atoms with E-state index in [0.29, 0.717) is 0 Å². The third kappa shape index (κ3) is 6.05. The molecule has 0 bridgehead atoms. The Balaban J connectivity index is 2.94. The molecule has 0 aliphatic rings. The van der Waals surface area contributed by atoms with Crippen molar-refractivity contribution in [1.82, 2.24) is 5.32 Å². The van der Waals surface area contributed by atoms with Gasteiger partial charge < -0.3 is 19.9 Å². The lowest BCUT2D eigenvalue weighted by Gasteiger charge is -2.22. The number of amides is 1. The highest BCUT2D eigenvalue weighted by molar-refractivity contribution is 9.10. The van der Waals surface area contributed by atoms with E-state index in [2.05, 4.69) is 26.0 Å². The summed E-state index contributed by atoms with van der Waals surface area (Å²) >= 11 is 3.07. The molecule has 1 aromatic carbocycles. The van der Waals surface area contributed by atoms with Crippen LogP contribution >= 0.6 is 15.9 Å². The average molecular weight is 392 g/mol. The summed E-state index contributed by atoms with van der Waals surface area (Å²) in [6, 6.07) is 1.12. The number of aromatic hydroxyl groups is 1. The van der Waals surface area contributed by atoms with E-state index in [-0.39, 0.29) is 22.2 Å². The maximum Gasteiger partial charge on any atom is 0.408 e. The van der Waals surface area contributed by atoms with Gasteiger partial charge in [-0.05, 0) is 48.3 Å². The van der Waals surface area contributed by atoms with Gasteiger partial charge in [-0.15, -0.1) is 0 Å². The van der Waals surface area contributed by atoms with Crippen LogP contribution in [0.5, 0.6) is 5.75 Å². The van der Waals surface area contributed by atoms with Crippen LogP contribution in [0.4, 0.5) is 9.18 Å². The molecule has 128 valence electrons. The molecule has 0 fully saturated rings. The second kappa shape index (κ2) is 7.63. The van der Waals surface area contributed by atoms with E-state index in [1.165, 1.54) is 6.07 Å². The van der Waals surface area contributed by atoms with Gasteiger partial charge in [0.1, 0.15) is 23.2 Å². The standard InChI is InChI=1S/C15H19BrFNO5/c1-15(2,3)23-14(21)18-11(13(20)22-4)6-8-5-9(16)12(19)7-10(8)17/h5,7,11,19H,6H2,1-4H3,(H,18,21)/t11-/m0/s1. The number of phenols is 1. The number of carbonyl (C=O) groups is 2. The molecule has 0 spiro atoms. The molecule has 0 radical (unpaired) electrons. The Morgan fingerprint density at radius 1 is 1.39 bits per heavy atom. The number of alkyl carbamates (subject to hydrolysis) is 1. The van der Waals surface area contributed by atoms with Gasteiger partial charge in [-0.3, -0.25) is 0 Å². The third-order valence-electron chi connectivity index (χ3n) is 2.72. The lowest BCUT2D eigenvalue weighted by Crippen LogP contribution is -2.45. The van der Waals surface area contributed by atoms with Crippen molar-refractivity contribution in [3.63, 3.8) is 0 Å². The number of hydrogen-bond acceptors (Lipinski definition) is 5. The maximum absolute atomic E-state index is 13.9. The van der Waals surface area contributed by atoms with Gasteiger partial charge in [0.05, 0.1) is 11.6 Å². The average Bonchev–Trinajstić information content (AvgIpc) is 2.40. The number of hydrogen-bond donors (Lipinski definition) is 2. The Morgan fingerprint density at radius 2 is 2.00 bits per heavy atom. The van der Waals surface area contributed by atoms with Gasteiger partial charge >= 0.3 is 12.1 Å². The summed E-state index contributed by atoms with van der Waals surface area (Å²) in [6.45, 7) is 5.03. The topological polar surface area (TPSA) is 84.9 Å². The number of halogens is 2. The van der Waals surface area contributed by atoms with E-state index in [1.807, 2.05) is 0 Å². The highest BCUT2D eigenvalue weighted by Gasteiger charge is 2.26. The predicted octanol–water partition coefficient (Wildman–Crippen LogP) is 2.90. The lowest BCUT2D eigenvalue weighted by atomic mass is 10.1. The van der Waals surface area contributed by atoms with Gasteiger partial charge in [0.25, 0.3) is 0 Å². The first kappa shape index (κ1) is 19.2. The molecule has 0 saturated heterocycles.